The number of nitrogens with one attached hydrogen (secondary N) is 1. The molecular formula is C10H10BrF2N. The van der Waals surface area contributed by atoms with E-state index in [1.165, 1.54) is 6.07 Å². The molecule has 0 amide bonds. The van der Waals surface area contributed by atoms with Gasteiger partial charge in [-0.25, -0.2) is 8.78 Å². The Morgan fingerprint density at radius 3 is 2.64 bits per heavy atom. The van der Waals surface area contributed by atoms with Gasteiger partial charge in [0.2, 0.25) is 0 Å². The van der Waals surface area contributed by atoms with Crippen LogP contribution in [0.15, 0.2) is 29.3 Å². The van der Waals surface area contributed by atoms with E-state index in [0.717, 1.165) is 6.07 Å². The first-order valence-corrected chi connectivity index (χ1v) is 4.87. The van der Waals surface area contributed by atoms with Gasteiger partial charge in [0.1, 0.15) is 11.6 Å². The molecule has 76 valence electrons. The number of anilines is 1. The van der Waals surface area contributed by atoms with E-state index in [1.807, 2.05) is 6.92 Å². The van der Waals surface area contributed by atoms with Crippen LogP contribution in [0.2, 0.25) is 0 Å². The molecule has 4 heteroatoms. The first-order chi connectivity index (χ1) is 6.54. The summed E-state index contributed by atoms with van der Waals surface area (Å²) >= 11 is 3.08. The van der Waals surface area contributed by atoms with Crippen molar-refractivity contribution in [3.8, 4) is 0 Å². The van der Waals surface area contributed by atoms with Gasteiger partial charge in [-0.05, 0) is 28.9 Å². The van der Waals surface area contributed by atoms with Crippen molar-refractivity contribution in [3.63, 3.8) is 0 Å². The van der Waals surface area contributed by atoms with Gasteiger partial charge in [-0.15, -0.1) is 6.58 Å². The minimum absolute atomic E-state index is 0.0775. The third kappa shape index (κ3) is 2.54. The molecule has 0 aliphatic carbocycles. The highest BCUT2D eigenvalue weighted by molar-refractivity contribution is 9.10. The second-order valence-electron chi connectivity index (χ2n) is 2.91. The van der Waals surface area contributed by atoms with Crippen molar-refractivity contribution in [2.75, 3.05) is 5.32 Å². The number of benzene rings is 1. The predicted octanol–water partition coefficient (Wildman–Crippen LogP) is 3.71. The summed E-state index contributed by atoms with van der Waals surface area (Å²) in [7, 11) is 0. The Balaban J connectivity index is 3.02. The Bertz CT molecular complexity index is 329. The van der Waals surface area contributed by atoms with Crippen molar-refractivity contribution in [1.29, 1.82) is 0 Å². The molecule has 0 spiro atoms. The molecule has 0 saturated carbocycles. The van der Waals surface area contributed by atoms with Gasteiger partial charge in [0.15, 0.2) is 0 Å². The molecule has 0 bridgehead atoms. The molecule has 0 aromatic heterocycles. The van der Waals surface area contributed by atoms with Gasteiger partial charge in [-0.3, -0.25) is 0 Å². The van der Waals surface area contributed by atoms with Gasteiger partial charge in [0, 0.05) is 16.6 Å². The molecule has 0 saturated heterocycles. The molecule has 0 aliphatic rings. The monoisotopic (exact) mass is 261 g/mol. The van der Waals surface area contributed by atoms with Crippen molar-refractivity contribution in [1.82, 2.24) is 0 Å². The molecule has 1 aromatic carbocycles. The molecule has 1 nitrogen and oxygen atoms in total. The highest BCUT2D eigenvalue weighted by Gasteiger charge is 2.10. The summed E-state index contributed by atoms with van der Waals surface area (Å²) < 4.78 is 26.3. The van der Waals surface area contributed by atoms with Crippen LogP contribution in [-0.2, 0) is 0 Å². The van der Waals surface area contributed by atoms with Crippen LogP contribution in [0.1, 0.15) is 6.92 Å². The molecule has 0 radical (unpaired) electrons. The summed E-state index contributed by atoms with van der Waals surface area (Å²) in [6, 6.07) is 1.97. The summed E-state index contributed by atoms with van der Waals surface area (Å²) in [4.78, 5) is 0. The highest BCUT2D eigenvalue weighted by Crippen LogP contribution is 2.27. The zero-order chi connectivity index (χ0) is 10.7. The molecule has 1 N–H and O–H groups in total. The fourth-order valence-electron chi connectivity index (χ4n) is 0.967. The fourth-order valence-corrected chi connectivity index (χ4v) is 1.49. The first-order valence-electron chi connectivity index (χ1n) is 4.08. The summed E-state index contributed by atoms with van der Waals surface area (Å²) in [5, 5.41) is 2.85. The third-order valence-electron chi connectivity index (χ3n) is 1.73. The predicted molar refractivity (Wildman–Crippen MR) is 57.3 cm³/mol. The van der Waals surface area contributed by atoms with E-state index in [4.69, 9.17) is 0 Å². The first kappa shape index (κ1) is 11.2. The van der Waals surface area contributed by atoms with Crippen molar-refractivity contribution in [2.24, 2.45) is 0 Å². The van der Waals surface area contributed by atoms with E-state index < -0.39 is 11.6 Å². The molecule has 1 unspecified atom stereocenters. The van der Waals surface area contributed by atoms with E-state index in [0.29, 0.717) is 4.47 Å². The molecule has 1 rings (SSSR count). The van der Waals surface area contributed by atoms with Crippen LogP contribution in [0.25, 0.3) is 0 Å². The lowest BCUT2D eigenvalue weighted by atomic mass is 10.2. The lowest BCUT2D eigenvalue weighted by molar-refractivity contribution is 0.583. The Hall–Kier alpha value is -0.900. The Kier molecular flexibility index (Phi) is 3.63. The Morgan fingerprint density at radius 2 is 2.14 bits per heavy atom. The number of hydrogen-bond acceptors (Lipinski definition) is 1. The molecule has 0 heterocycles. The summed E-state index contributed by atoms with van der Waals surface area (Å²) in [5.74, 6) is -1.23. The quantitative estimate of drug-likeness (QED) is 0.819. The Morgan fingerprint density at radius 1 is 1.50 bits per heavy atom. The maximum atomic E-state index is 13.2. The lowest BCUT2D eigenvalue weighted by Crippen LogP contribution is -2.13. The maximum absolute atomic E-state index is 13.2. The average molecular weight is 262 g/mol. The summed E-state index contributed by atoms with van der Waals surface area (Å²) in [6.45, 7) is 5.38. The molecule has 0 fully saturated rings. The van der Waals surface area contributed by atoms with Gasteiger partial charge in [-0.2, -0.15) is 0 Å². The van der Waals surface area contributed by atoms with E-state index in [1.54, 1.807) is 6.08 Å². The van der Waals surface area contributed by atoms with Crippen LogP contribution in [0.3, 0.4) is 0 Å². The number of hydrogen-bond donors (Lipinski definition) is 1. The van der Waals surface area contributed by atoms with E-state index in [9.17, 15) is 8.78 Å². The second-order valence-corrected chi connectivity index (χ2v) is 3.77. The van der Waals surface area contributed by atoms with Gasteiger partial charge in [-0.1, -0.05) is 6.08 Å². The number of halogens is 3. The van der Waals surface area contributed by atoms with Gasteiger partial charge in [0.05, 0.1) is 5.69 Å². The third-order valence-corrected chi connectivity index (χ3v) is 2.36. The average Bonchev–Trinajstić information content (AvgIpc) is 2.10. The van der Waals surface area contributed by atoms with E-state index in [2.05, 4.69) is 27.8 Å². The van der Waals surface area contributed by atoms with Crippen LogP contribution in [-0.4, -0.2) is 6.04 Å². The largest absolute Gasteiger partial charge is 0.376 e. The van der Waals surface area contributed by atoms with Crippen molar-refractivity contribution in [3.05, 3.63) is 40.9 Å². The van der Waals surface area contributed by atoms with Gasteiger partial charge in [0.25, 0.3) is 0 Å². The SMILES string of the molecule is C=CC(C)Nc1c(F)cc(F)cc1Br. The maximum Gasteiger partial charge on any atom is 0.150 e. The highest BCUT2D eigenvalue weighted by atomic mass is 79.9. The van der Waals surface area contributed by atoms with Crippen LogP contribution >= 0.6 is 15.9 Å². The molecule has 0 aliphatic heterocycles. The topological polar surface area (TPSA) is 12.0 Å². The van der Waals surface area contributed by atoms with E-state index in [-0.39, 0.29) is 11.7 Å². The van der Waals surface area contributed by atoms with Gasteiger partial charge >= 0.3 is 0 Å². The van der Waals surface area contributed by atoms with Crippen molar-refractivity contribution in [2.45, 2.75) is 13.0 Å². The summed E-state index contributed by atoms with van der Waals surface area (Å²) in [5.41, 5.74) is 0.249. The van der Waals surface area contributed by atoms with Crippen LogP contribution in [0.4, 0.5) is 14.5 Å². The molecule has 1 aromatic rings. The minimum Gasteiger partial charge on any atom is -0.376 e. The smallest absolute Gasteiger partial charge is 0.150 e. The summed E-state index contributed by atoms with van der Waals surface area (Å²) in [6.07, 6.45) is 1.63. The fraction of sp³-hybridized carbons (Fsp3) is 0.200. The second kappa shape index (κ2) is 4.55. The van der Waals surface area contributed by atoms with Crippen LogP contribution in [0, 0.1) is 11.6 Å². The van der Waals surface area contributed by atoms with Crippen molar-refractivity contribution < 1.29 is 8.78 Å². The molecule has 14 heavy (non-hydrogen) atoms. The number of rotatable bonds is 3. The zero-order valence-corrected chi connectivity index (χ0v) is 9.24. The Labute approximate surface area is 90.0 Å². The van der Waals surface area contributed by atoms with Crippen LogP contribution in [0.5, 0.6) is 0 Å². The van der Waals surface area contributed by atoms with Crippen molar-refractivity contribution >= 4 is 21.6 Å². The molecule has 1 atom stereocenters. The lowest BCUT2D eigenvalue weighted by Gasteiger charge is -2.13. The normalized spacial score (nSPS) is 12.3. The zero-order valence-electron chi connectivity index (χ0n) is 7.65. The van der Waals surface area contributed by atoms with Gasteiger partial charge < -0.3 is 5.32 Å². The molecular weight excluding hydrogens is 252 g/mol. The standard InChI is InChI=1S/C10H10BrF2N/c1-3-6(2)14-10-8(11)4-7(12)5-9(10)13/h3-6,14H,1H2,2H3. The van der Waals surface area contributed by atoms with E-state index >= 15 is 0 Å². The van der Waals surface area contributed by atoms with Crippen LogP contribution < -0.4 is 5.32 Å². The minimum atomic E-state index is -0.620.